The van der Waals surface area contributed by atoms with Gasteiger partial charge in [-0.25, -0.2) is 4.79 Å². The highest BCUT2D eigenvalue weighted by Crippen LogP contribution is 2.32. The number of nitrogens with zero attached hydrogens (tertiary/aromatic N) is 3. The molecule has 0 fully saturated rings. The first-order chi connectivity index (χ1) is 17.8. The molecular weight excluding hydrogens is 470 g/mol. The smallest absolute Gasteiger partial charge is 0.410 e. The second kappa shape index (κ2) is 12.0. The Balaban J connectivity index is 1.47. The van der Waals surface area contributed by atoms with Gasteiger partial charge >= 0.3 is 12.1 Å². The van der Waals surface area contributed by atoms with Crippen molar-refractivity contribution in [1.82, 2.24) is 14.7 Å². The van der Waals surface area contributed by atoms with E-state index in [1.807, 2.05) is 67.9 Å². The third kappa shape index (κ3) is 6.70. The fraction of sp³-hybridized carbons (Fsp3) is 0.414. The predicted octanol–water partition coefficient (Wildman–Crippen LogP) is 5.11. The molecule has 8 nitrogen and oxygen atoms in total. The van der Waals surface area contributed by atoms with Crippen molar-refractivity contribution in [3.8, 4) is 17.0 Å². The summed E-state index contributed by atoms with van der Waals surface area (Å²) in [7, 11) is 0. The number of amides is 1. The van der Waals surface area contributed by atoms with E-state index in [1.165, 1.54) is 0 Å². The van der Waals surface area contributed by atoms with E-state index in [-0.39, 0.29) is 18.4 Å². The molecule has 2 heterocycles. The highest BCUT2D eigenvalue weighted by Gasteiger charge is 2.26. The maximum atomic E-state index is 12.6. The highest BCUT2D eigenvalue weighted by atomic mass is 16.6. The van der Waals surface area contributed by atoms with Crippen LogP contribution in [0.25, 0.3) is 11.3 Å². The highest BCUT2D eigenvalue weighted by molar-refractivity contribution is 5.69. The number of carbonyl (C=O) groups is 2. The zero-order chi connectivity index (χ0) is 26.4. The van der Waals surface area contributed by atoms with Gasteiger partial charge in [0, 0.05) is 36.3 Å². The van der Waals surface area contributed by atoms with Crippen LogP contribution in [0.3, 0.4) is 0 Å². The standard InChI is InChI=1S/C29H35N3O5/c1-20(2)19-37-29(35)31-14-13-24-25(18-31)22(10-12-28(33)34)9-11-27(24)36-16-15-32-21(3)17-26(30-32)23-7-5-4-6-8-23/h4-9,11,17,20H,10,12-16,18-19H2,1-3H3,(H,33,34). The maximum absolute atomic E-state index is 12.6. The van der Waals surface area contributed by atoms with Gasteiger partial charge in [-0.15, -0.1) is 0 Å². The number of fused-ring (bicyclic) bond motifs is 1. The molecule has 1 aromatic heterocycles. The van der Waals surface area contributed by atoms with E-state index in [2.05, 4.69) is 6.07 Å². The third-order valence-electron chi connectivity index (χ3n) is 6.48. The third-order valence-corrected chi connectivity index (χ3v) is 6.48. The molecule has 0 atom stereocenters. The molecule has 1 N–H and O–H groups in total. The van der Waals surface area contributed by atoms with E-state index in [0.29, 0.717) is 45.7 Å². The summed E-state index contributed by atoms with van der Waals surface area (Å²) in [6, 6.07) is 16.0. The summed E-state index contributed by atoms with van der Waals surface area (Å²) < 4.78 is 13.6. The van der Waals surface area contributed by atoms with Gasteiger partial charge < -0.3 is 19.5 Å². The summed E-state index contributed by atoms with van der Waals surface area (Å²) in [4.78, 5) is 25.5. The van der Waals surface area contributed by atoms with Crippen molar-refractivity contribution in [2.45, 2.75) is 53.1 Å². The summed E-state index contributed by atoms with van der Waals surface area (Å²) in [5.74, 6) is 0.189. The van der Waals surface area contributed by atoms with Crippen LogP contribution in [-0.4, -0.2) is 51.6 Å². The van der Waals surface area contributed by atoms with Gasteiger partial charge in [0.1, 0.15) is 12.4 Å². The largest absolute Gasteiger partial charge is 0.491 e. The number of carboxylic acids is 1. The monoisotopic (exact) mass is 505 g/mol. The summed E-state index contributed by atoms with van der Waals surface area (Å²) in [6.07, 6.45) is 0.730. The Morgan fingerprint density at radius 2 is 1.89 bits per heavy atom. The molecule has 2 aromatic carbocycles. The van der Waals surface area contributed by atoms with Crippen molar-refractivity contribution in [3.05, 3.63) is 70.9 Å². The van der Waals surface area contributed by atoms with Crippen LogP contribution in [0.1, 0.15) is 42.7 Å². The van der Waals surface area contributed by atoms with Gasteiger partial charge in [0.25, 0.3) is 0 Å². The van der Waals surface area contributed by atoms with Gasteiger partial charge in [-0.2, -0.15) is 5.10 Å². The van der Waals surface area contributed by atoms with Crippen molar-refractivity contribution in [1.29, 1.82) is 0 Å². The van der Waals surface area contributed by atoms with Crippen LogP contribution in [0.4, 0.5) is 4.79 Å². The Kier molecular flexibility index (Phi) is 8.48. The fourth-order valence-corrected chi connectivity index (χ4v) is 4.53. The number of benzene rings is 2. The van der Waals surface area contributed by atoms with E-state index in [9.17, 15) is 14.7 Å². The summed E-state index contributed by atoms with van der Waals surface area (Å²) in [5, 5.41) is 13.9. The Morgan fingerprint density at radius 1 is 1.11 bits per heavy atom. The minimum atomic E-state index is -0.845. The molecule has 0 spiro atoms. The Hall–Kier alpha value is -3.81. The Morgan fingerprint density at radius 3 is 2.62 bits per heavy atom. The molecule has 1 aliphatic rings. The van der Waals surface area contributed by atoms with Crippen molar-refractivity contribution in [3.63, 3.8) is 0 Å². The molecule has 3 aromatic rings. The number of carboxylic acid groups (broad SMARTS) is 1. The number of aliphatic carboxylic acids is 1. The van der Waals surface area contributed by atoms with E-state index in [4.69, 9.17) is 14.6 Å². The lowest BCUT2D eigenvalue weighted by Crippen LogP contribution is -2.37. The van der Waals surface area contributed by atoms with Crippen LogP contribution in [0, 0.1) is 12.8 Å². The number of rotatable bonds is 10. The number of carbonyl (C=O) groups excluding carboxylic acids is 1. The summed E-state index contributed by atoms with van der Waals surface area (Å²) in [5.41, 5.74) is 6.01. The van der Waals surface area contributed by atoms with Gasteiger partial charge in [-0.05, 0) is 48.9 Å². The van der Waals surface area contributed by atoms with E-state index < -0.39 is 5.97 Å². The van der Waals surface area contributed by atoms with Crippen LogP contribution in [-0.2, 0) is 35.5 Å². The lowest BCUT2D eigenvalue weighted by atomic mass is 9.92. The number of hydrogen-bond donors (Lipinski definition) is 1. The van der Waals surface area contributed by atoms with Crippen LogP contribution < -0.4 is 4.74 Å². The average Bonchev–Trinajstić information content (AvgIpc) is 3.27. The van der Waals surface area contributed by atoms with Crippen LogP contribution in [0.2, 0.25) is 0 Å². The van der Waals surface area contributed by atoms with Crippen molar-refractivity contribution in [2.75, 3.05) is 19.8 Å². The molecule has 8 heteroatoms. The van der Waals surface area contributed by atoms with Crippen LogP contribution in [0.5, 0.6) is 5.75 Å². The average molecular weight is 506 g/mol. The van der Waals surface area contributed by atoms with Gasteiger partial charge in [0.15, 0.2) is 0 Å². The first-order valence-electron chi connectivity index (χ1n) is 12.8. The van der Waals surface area contributed by atoms with Crippen molar-refractivity contribution >= 4 is 12.1 Å². The number of ether oxygens (including phenoxy) is 2. The minimum absolute atomic E-state index is 0.0345. The predicted molar refractivity (Wildman–Crippen MR) is 141 cm³/mol. The van der Waals surface area contributed by atoms with E-state index >= 15 is 0 Å². The van der Waals surface area contributed by atoms with Gasteiger partial charge in [-0.1, -0.05) is 50.2 Å². The Bertz CT molecular complexity index is 1240. The van der Waals surface area contributed by atoms with Crippen molar-refractivity contribution in [2.24, 2.45) is 5.92 Å². The molecule has 0 aliphatic carbocycles. The number of aromatic nitrogens is 2. The quantitative estimate of drug-likeness (QED) is 0.412. The number of aryl methyl sites for hydroxylation is 2. The molecule has 0 saturated heterocycles. The van der Waals surface area contributed by atoms with Gasteiger partial charge in [-0.3, -0.25) is 9.48 Å². The molecule has 1 amide bonds. The molecule has 0 saturated carbocycles. The molecule has 37 heavy (non-hydrogen) atoms. The lowest BCUT2D eigenvalue weighted by molar-refractivity contribution is -0.136. The van der Waals surface area contributed by atoms with Gasteiger partial charge in [0.2, 0.25) is 0 Å². The normalized spacial score (nSPS) is 12.9. The first kappa shape index (κ1) is 26.3. The zero-order valence-electron chi connectivity index (χ0n) is 21.8. The second-order valence-electron chi connectivity index (χ2n) is 9.82. The molecule has 4 rings (SSSR count). The molecule has 1 aliphatic heterocycles. The molecule has 196 valence electrons. The molecule has 0 unspecified atom stereocenters. The first-order valence-corrected chi connectivity index (χ1v) is 12.8. The fourth-order valence-electron chi connectivity index (χ4n) is 4.53. The number of hydrogen-bond acceptors (Lipinski definition) is 5. The van der Waals surface area contributed by atoms with Crippen LogP contribution in [0.15, 0.2) is 48.5 Å². The van der Waals surface area contributed by atoms with Crippen molar-refractivity contribution < 1.29 is 24.2 Å². The minimum Gasteiger partial charge on any atom is -0.491 e. The maximum Gasteiger partial charge on any atom is 0.410 e. The second-order valence-corrected chi connectivity index (χ2v) is 9.82. The topological polar surface area (TPSA) is 93.9 Å². The van der Waals surface area contributed by atoms with Crippen LogP contribution >= 0.6 is 0 Å². The SMILES string of the molecule is Cc1cc(-c2ccccc2)nn1CCOc1ccc(CCC(=O)O)c2c1CCN(C(=O)OCC(C)C)C2. The van der Waals surface area contributed by atoms with E-state index in [1.54, 1.807) is 4.90 Å². The Labute approximate surface area is 217 Å². The molecule has 0 radical (unpaired) electrons. The lowest BCUT2D eigenvalue weighted by Gasteiger charge is -2.31. The summed E-state index contributed by atoms with van der Waals surface area (Å²) >= 11 is 0. The zero-order valence-corrected chi connectivity index (χ0v) is 21.8. The molecule has 0 bridgehead atoms. The van der Waals surface area contributed by atoms with Gasteiger partial charge in [0.05, 0.1) is 18.8 Å². The van der Waals surface area contributed by atoms with E-state index in [0.717, 1.165) is 39.4 Å². The molecular formula is C29H35N3O5. The summed E-state index contributed by atoms with van der Waals surface area (Å²) in [6.45, 7) is 8.36.